The maximum Gasteiger partial charge on any atom is 0.243 e. The number of aryl methyl sites for hydroxylation is 1. The van der Waals surface area contributed by atoms with Gasteiger partial charge in [-0.2, -0.15) is 9.40 Å². The van der Waals surface area contributed by atoms with Crippen molar-refractivity contribution >= 4 is 27.3 Å². The SMILES string of the molecule is Cc1cc2ncc3c(n2n1)CCN(S(=O)(=O)c1cccc(Cl)c1)C3. The highest BCUT2D eigenvalue weighted by Crippen LogP contribution is 2.26. The molecular weight excluding hydrogens is 348 g/mol. The summed E-state index contributed by atoms with van der Waals surface area (Å²) in [7, 11) is -3.58. The summed E-state index contributed by atoms with van der Waals surface area (Å²) in [6.45, 7) is 2.60. The van der Waals surface area contributed by atoms with Crippen LogP contribution in [0.3, 0.4) is 0 Å². The van der Waals surface area contributed by atoms with Crippen molar-refractivity contribution in [2.45, 2.75) is 24.8 Å². The molecule has 0 fully saturated rings. The molecule has 0 N–H and O–H groups in total. The maximum absolute atomic E-state index is 12.8. The molecule has 24 heavy (non-hydrogen) atoms. The predicted molar refractivity (Wildman–Crippen MR) is 90.5 cm³/mol. The highest BCUT2D eigenvalue weighted by Gasteiger charge is 2.30. The van der Waals surface area contributed by atoms with Crippen molar-refractivity contribution in [3.63, 3.8) is 0 Å². The fraction of sp³-hybridized carbons (Fsp3) is 0.250. The van der Waals surface area contributed by atoms with E-state index in [1.165, 1.54) is 10.4 Å². The van der Waals surface area contributed by atoms with Crippen molar-refractivity contribution in [2.75, 3.05) is 6.54 Å². The van der Waals surface area contributed by atoms with E-state index in [4.69, 9.17) is 11.6 Å². The van der Waals surface area contributed by atoms with Crippen LogP contribution in [0.2, 0.25) is 5.02 Å². The molecule has 0 bridgehead atoms. The van der Waals surface area contributed by atoms with E-state index in [0.717, 1.165) is 22.6 Å². The lowest BCUT2D eigenvalue weighted by Crippen LogP contribution is -2.37. The number of hydrogen-bond acceptors (Lipinski definition) is 4. The molecular formula is C16H15ClN4O2S. The van der Waals surface area contributed by atoms with Crippen LogP contribution in [-0.2, 0) is 23.0 Å². The van der Waals surface area contributed by atoms with Gasteiger partial charge in [-0.15, -0.1) is 0 Å². The molecule has 1 aromatic carbocycles. The first-order chi connectivity index (χ1) is 11.4. The molecule has 3 heterocycles. The Balaban J connectivity index is 1.73. The molecule has 4 rings (SSSR count). The van der Waals surface area contributed by atoms with Gasteiger partial charge in [0.05, 0.1) is 16.3 Å². The van der Waals surface area contributed by atoms with Crippen molar-refractivity contribution in [1.29, 1.82) is 0 Å². The minimum absolute atomic E-state index is 0.211. The topological polar surface area (TPSA) is 67.6 Å². The van der Waals surface area contributed by atoms with Crippen LogP contribution in [0.5, 0.6) is 0 Å². The van der Waals surface area contributed by atoms with Crippen LogP contribution < -0.4 is 0 Å². The van der Waals surface area contributed by atoms with E-state index in [9.17, 15) is 8.42 Å². The number of fused-ring (bicyclic) bond motifs is 3. The molecule has 6 nitrogen and oxygen atoms in total. The summed E-state index contributed by atoms with van der Waals surface area (Å²) < 4.78 is 29.0. The average Bonchev–Trinajstić information content (AvgIpc) is 2.95. The normalized spacial score (nSPS) is 15.6. The Hall–Kier alpha value is -1.96. The first kappa shape index (κ1) is 15.6. The lowest BCUT2D eigenvalue weighted by atomic mass is 10.1. The van der Waals surface area contributed by atoms with Gasteiger partial charge < -0.3 is 0 Å². The molecule has 0 spiro atoms. The summed E-state index contributed by atoms with van der Waals surface area (Å²) in [5, 5.41) is 4.86. The second-order valence-electron chi connectivity index (χ2n) is 5.83. The number of halogens is 1. The molecule has 1 aliphatic heterocycles. The predicted octanol–water partition coefficient (Wildman–Crippen LogP) is 2.44. The number of hydrogen-bond donors (Lipinski definition) is 0. The Kier molecular flexibility index (Phi) is 3.59. The zero-order valence-corrected chi connectivity index (χ0v) is 14.5. The zero-order chi connectivity index (χ0) is 16.9. The van der Waals surface area contributed by atoms with Gasteiger partial charge in [-0.3, -0.25) is 0 Å². The smallest absolute Gasteiger partial charge is 0.237 e. The van der Waals surface area contributed by atoms with Gasteiger partial charge in [-0.05, 0) is 25.1 Å². The molecule has 3 aromatic rings. The van der Waals surface area contributed by atoms with E-state index in [2.05, 4.69) is 10.1 Å². The average molecular weight is 363 g/mol. The summed E-state index contributed by atoms with van der Waals surface area (Å²) in [4.78, 5) is 4.59. The molecule has 0 unspecified atom stereocenters. The van der Waals surface area contributed by atoms with Crippen LogP contribution in [0.1, 0.15) is 17.0 Å². The molecule has 1 aliphatic rings. The fourth-order valence-corrected chi connectivity index (χ4v) is 4.73. The lowest BCUT2D eigenvalue weighted by molar-refractivity contribution is 0.384. The van der Waals surface area contributed by atoms with Crippen molar-refractivity contribution in [3.8, 4) is 0 Å². The highest BCUT2D eigenvalue weighted by atomic mass is 35.5. The third-order valence-corrected chi connectivity index (χ3v) is 6.25. The van der Waals surface area contributed by atoms with Gasteiger partial charge >= 0.3 is 0 Å². The van der Waals surface area contributed by atoms with E-state index >= 15 is 0 Å². The summed E-state index contributed by atoms with van der Waals surface area (Å²) in [5.41, 5.74) is 3.58. The molecule has 0 saturated carbocycles. The van der Waals surface area contributed by atoms with Crippen LogP contribution in [0.15, 0.2) is 41.4 Å². The van der Waals surface area contributed by atoms with E-state index in [1.54, 1.807) is 24.4 Å². The van der Waals surface area contributed by atoms with E-state index in [1.807, 2.05) is 17.5 Å². The molecule has 0 aliphatic carbocycles. The van der Waals surface area contributed by atoms with Crippen molar-refractivity contribution in [1.82, 2.24) is 18.9 Å². The van der Waals surface area contributed by atoms with E-state index < -0.39 is 10.0 Å². The van der Waals surface area contributed by atoms with Gasteiger partial charge in [-0.1, -0.05) is 17.7 Å². The van der Waals surface area contributed by atoms with Crippen LogP contribution in [-0.4, -0.2) is 33.9 Å². The Bertz CT molecular complexity index is 1050. The number of benzene rings is 1. The standard InChI is InChI=1S/C16H15ClN4O2S/c1-11-7-16-18-9-12-10-20(6-5-15(12)21(16)19-11)24(22,23)14-4-2-3-13(17)8-14/h2-4,7-9H,5-6,10H2,1H3. The molecule has 8 heteroatoms. The van der Waals surface area contributed by atoms with Gasteiger partial charge in [0.25, 0.3) is 0 Å². The Morgan fingerprint density at radius 1 is 1.25 bits per heavy atom. The molecule has 0 radical (unpaired) electrons. The number of rotatable bonds is 2. The van der Waals surface area contributed by atoms with Crippen LogP contribution in [0, 0.1) is 6.92 Å². The van der Waals surface area contributed by atoms with Gasteiger partial charge in [0.15, 0.2) is 5.65 Å². The van der Waals surface area contributed by atoms with Gasteiger partial charge in [-0.25, -0.2) is 17.9 Å². The van der Waals surface area contributed by atoms with Crippen molar-refractivity contribution in [2.24, 2.45) is 0 Å². The Morgan fingerprint density at radius 3 is 2.88 bits per heavy atom. The van der Waals surface area contributed by atoms with Crippen molar-refractivity contribution in [3.05, 3.63) is 58.5 Å². The highest BCUT2D eigenvalue weighted by molar-refractivity contribution is 7.89. The molecule has 0 atom stereocenters. The van der Waals surface area contributed by atoms with Gasteiger partial charge in [0.2, 0.25) is 10.0 Å². The third-order valence-electron chi connectivity index (χ3n) is 4.17. The first-order valence-corrected chi connectivity index (χ1v) is 9.36. The number of sulfonamides is 1. The van der Waals surface area contributed by atoms with Gasteiger partial charge in [0.1, 0.15) is 0 Å². The lowest BCUT2D eigenvalue weighted by Gasteiger charge is -2.28. The largest absolute Gasteiger partial charge is 0.243 e. The third kappa shape index (κ3) is 2.49. The van der Waals surface area contributed by atoms with E-state index in [0.29, 0.717) is 18.0 Å². The van der Waals surface area contributed by atoms with Crippen LogP contribution in [0.4, 0.5) is 0 Å². The minimum Gasteiger partial charge on any atom is -0.237 e. The maximum atomic E-state index is 12.8. The monoisotopic (exact) mass is 362 g/mol. The number of aromatic nitrogens is 3. The molecule has 0 amide bonds. The summed E-state index contributed by atoms with van der Waals surface area (Å²) in [5.74, 6) is 0. The Morgan fingerprint density at radius 2 is 2.08 bits per heavy atom. The fourth-order valence-electron chi connectivity index (χ4n) is 3.01. The molecule has 2 aromatic heterocycles. The van der Waals surface area contributed by atoms with Crippen LogP contribution in [0.25, 0.3) is 5.65 Å². The zero-order valence-electron chi connectivity index (χ0n) is 13.0. The Labute approximate surface area is 144 Å². The van der Waals surface area contributed by atoms with Crippen molar-refractivity contribution < 1.29 is 8.42 Å². The molecule has 0 saturated heterocycles. The van der Waals surface area contributed by atoms with Gasteiger partial charge in [0, 0.05) is 42.4 Å². The van der Waals surface area contributed by atoms with E-state index in [-0.39, 0.29) is 11.4 Å². The first-order valence-electron chi connectivity index (χ1n) is 7.54. The summed E-state index contributed by atoms with van der Waals surface area (Å²) in [6.07, 6.45) is 2.33. The second-order valence-corrected chi connectivity index (χ2v) is 8.21. The minimum atomic E-state index is -3.58. The van der Waals surface area contributed by atoms with Crippen LogP contribution >= 0.6 is 11.6 Å². The second kappa shape index (κ2) is 5.54. The quantitative estimate of drug-likeness (QED) is 0.702. The summed E-state index contributed by atoms with van der Waals surface area (Å²) in [6, 6.07) is 8.26. The molecule has 124 valence electrons. The summed E-state index contributed by atoms with van der Waals surface area (Å²) >= 11 is 5.93. The number of nitrogens with zero attached hydrogens (tertiary/aromatic N) is 4.